The van der Waals surface area contributed by atoms with E-state index in [9.17, 15) is 4.79 Å². The van der Waals surface area contributed by atoms with Gasteiger partial charge in [0.15, 0.2) is 0 Å². The van der Waals surface area contributed by atoms with E-state index in [-0.39, 0.29) is 0 Å². The molecule has 1 aliphatic carbocycles. The van der Waals surface area contributed by atoms with Gasteiger partial charge in [-0.3, -0.25) is 4.79 Å². The summed E-state index contributed by atoms with van der Waals surface area (Å²) in [6, 6.07) is 0.550. The van der Waals surface area contributed by atoms with Gasteiger partial charge in [0.1, 0.15) is 0 Å². The first kappa shape index (κ1) is 16.5. The average Bonchev–Trinajstić information content (AvgIpc) is 3.00. The van der Waals surface area contributed by atoms with Crippen molar-refractivity contribution in [2.24, 2.45) is 5.92 Å². The predicted octanol–water partition coefficient (Wildman–Crippen LogP) is 2.93. The zero-order chi connectivity index (χ0) is 12.4. The average molecular weight is 211 g/mol. The lowest BCUT2D eigenvalue weighted by Crippen LogP contribution is -2.29. The van der Waals surface area contributed by atoms with Crippen LogP contribution < -0.4 is 0 Å². The molecule has 0 aliphatic heterocycles. The number of carbonyl (C=O) groups is 1. The van der Waals surface area contributed by atoms with Gasteiger partial charge in [-0.05, 0) is 18.8 Å². The lowest BCUT2D eigenvalue weighted by molar-refractivity contribution is -0.130. The standard InChI is InChI=1S/C9H17NO.C2H6.C2H2/c1-4-5-9(11)10(3)8-6-7(8)2;2*1-2/h7-8H,4-6H2,1-3H3;1-2H3;1-2H. The Morgan fingerprint density at radius 2 is 1.80 bits per heavy atom. The molecule has 0 spiro atoms. The minimum atomic E-state index is 0.307. The number of rotatable bonds is 3. The van der Waals surface area contributed by atoms with Crippen LogP contribution in [0.3, 0.4) is 0 Å². The molecule has 1 aliphatic rings. The highest BCUT2D eigenvalue weighted by molar-refractivity contribution is 5.76. The Labute approximate surface area is 95.0 Å². The van der Waals surface area contributed by atoms with Crippen LogP contribution in [0.1, 0.15) is 47.0 Å². The van der Waals surface area contributed by atoms with Crippen molar-refractivity contribution in [3.8, 4) is 12.8 Å². The number of terminal acetylenes is 1. The Hall–Kier alpha value is -0.970. The van der Waals surface area contributed by atoms with Crippen molar-refractivity contribution in [2.45, 2.75) is 53.0 Å². The molecule has 0 N–H and O–H groups in total. The topological polar surface area (TPSA) is 20.3 Å². The Balaban J connectivity index is 0. The van der Waals surface area contributed by atoms with Crippen LogP contribution in [0.2, 0.25) is 0 Å². The maximum absolute atomic E-state index is 11.3. The van der Waals surface area contributed by atoms with Crippen LogP contribution in [0, 0.1) is 18.8 Å². The van der Waals surface area contributed by atoms with Crippen LogP contribution in [0.25, 0.3) is 0 Å². The van der Waals surface area contributed by atoms with Crippen LogP contribution in [0.4, 0.5) is 0 Å². The molecule has 1 rings (SSSR count). The number of hydrogen-bond acceptors (Lipinski definition) is 1. The van der Waals surface area contributed by atoms with E-state index in [1.165, 1.54) is 6.42 Å². The molecule has 0 radical (unpaired) electrons. The molecule has 0 aromatic rings. The lowest BCUT2D eigenvalue weighted by Gasteiger charge is -2.16. The fourth-order valence-electron chi connectivity index (χ4n) is 1.42. The fourth-order valence-corrected chi connectivity index (χ4v) is 1.42. The summed E-state index contributed by atoms with van der Waals surface area (Å²) >= 11 is 0. The summed E-state index contributed by atoms with van der Waals surface area (Å²) in [4.78, 5) is 13.2. The summed E-state index contributed by atoms with van der Waals surface area (Å²) in [5.41, 5.74) is 0. The molecule has 1 fully saturated rings. The molecule has 0 bridgehead atoms. The number of hydrogen-bond donors (Lipinski definition) is 0. The van der Waals surface area contributed by atoms with E-state index in [1.807, 2.05) is 32.7 Å². The van der Waals surface area contributed by atoms with E-state index in [0.717, 1.165) is 12.3 Å². The molecule has 2 heteroatoms. The van der Waals surface area contributed by atoms with Gasteiger partial charge >= 0.3 is 0 Å². The molecule has 15 heavy (non-hydrogen) atoms. The summed E-state index contributed by atoms with van der Waals surface area (Å²) in [5, 5.41) is 0. The first-order valence-corrected chi connectivity index (χ1v) is 5.75. The molecule has 0 heterocycles. The monoisotopic (exact) mass is 211 g/mol. The molecule has 0 saturated heterocycles. The second kappa shape index (κ2) is 9.58. The number of amides is 1. The van der Waals surface area contributed by atoms with Gasteiger partial charge in [0.05, 0.1) is 0 Å². The van der Waals surface area contributed by atoms with Crippen LogP contribution in [0.5, 0.6) is 0 Å². The van der Waals surface area contributed by atoms with E-state index in [1.54, 1.807) is 0 Å². The van der Waals surface area contributed by atoms with E-state index in [4.69, 9.17) is 0 Å². The maximum atomic E-state index is 11.3. The fraction of sp³-hybridized carbons (Fsp3) is 0.769. The molecule has 0 aromatic heterocycles. The van der Waals surface area contributed by atoms with Crippen molar-refractivity contribution in [3.05, 3.63) is 0 Å². The summed E-state index contributed by atoms with van der Waals surface area (Å²) in [6.45, 7) is 8.24. The molecule has 88 valence electrons. The van der Waals surface area contributed by atoms with Crippen molar-refractivity contribution in [2.75, 3.05) is 7.05 Å². The predicted molar refractivity (Wildman–Crippen MR) is 66.5 cm³/mol. The van der Waals surface area contributed by atoms with Crippen LogP contribution in [-0.4, -0.2) is 23.9 Å². The third-order valence-electron chi connectivity index (χ3n) is 2.42. The van der Waals surface area contributed by atoms with Crippen molar-refractivity contribution in [1.29, 1.82) is 0 Å². The van der Waals surface area contributed by atoms with Gasteiger partial charge in [-0.1, -0.05) is 27.7 Å². The lowest BCUT2D eigenvalue weighted by atomic mass is 10.3. The van der Waals surface area contributed by atoms with E-state index < -0.39 is 0 Å². The van der Waals surface area contributed by atoms with E-state index >= 15 is 0 Å². The Bertz CT molecular complexity index is 186. The molecule has 2 atom stereocenters. The quantitative estimate of drug-likeness (QED) is 0.657. The third kappa shape index (κ3) is 6.17. The van der Waals surface area contributed by atoms with Crippen LogP contribution in [-0.2, 0) is 4.79 Å². The Morgan fingerprint density at radius 3 is 2.07 bits per heavy atom. The molecule has 0 aromatic carbocycles. The molecule has 1 amide bonds. The second-order valence-corrected chi connectivity index (χ2v) is 3.53. The highest BCUT2D eigenvalue weighted by atomic mass is 16.2. The van der Waals surface area contributed by atoms with Crippen LogP contribution in [0.15, 0.2) is 0 Å². The van der Waals surface area contributed by atoms with Crippen molar-refractivity contribution < 1.29 is 4.79 Å². The van der Waals surface area contributed by atoms with Gasteiger partial charge in [-0.15, -0.1) is 12.8 Å². The maximum Gasteiger partial charge on any atom is 0.222 e. The highest BCUT2D eigenvalue weighted by Crippen LogP contribution is 2.34. The second-order valence-electron chi connectivity index (χ2n) is 3.53. The van der Waals surface area contributed by atoms with Crippen molar-refractivity contribution >= 4 is 5.91 Å². The number of nitrogens with zero attached hydrogens (tertiary/aromatic N) is 1. The largest absolute Gasteiger partial charge is 0.342 e. The minimum Gasteiger partial charge on any atom is -0.342 e. The summed E-state index contributed by atoms with van der Waals surface area (Å²) in [5.74, 6) is 1.04. The van der Waals surface area contributed by atoms with E-state index in [0.29, 0.717) is 18.4 Å². The van der Waals surface area contributed by atoms with Crippen molar-refractivity contribution in [1.82, 2.24) is 4.90 Å². The van der Waals surface area contributed by atoms with E-state index in [2.05, 4.69) is 19.8 Å². The van der Waals surface area contributed by atoms with Gasteiger partial charge < -0.3 is 4.90 Å². The van der Waals surface area contributed by atoms with Gasteiger partial charge in [0, 0.05) is 19.5 Å². The van der Waals surface area contributed by atoms with Gasteiger partial charge in [0.25, 0.3) is 0 Å². The minimum absolute atomic E-state index is 0.307. The summed E-state index contributed by atoms with van der Waals surface area (Å²) in [7, 11) is 1.92. The number of carbonyl (C=O) groups excluding carboxylic acids is 1. The zero-order valence-corrected chi connectivity index (χ0v) is 10.8. The van der Waals surface area contributed by atoms with Gasteiger partial charge in [-0.2, -0.15) is 0 Å². The Kier molecular flexibility index (Phi) is 10.5. The molecule has 2 nitrogen and oxygen atoms in total. The zero-order valence-electron chi connectivity index (χ0n) is 10.8. The third-order valence-corrected chi connectivity index (χ3v) is 2.42. The normalized spacial score (nSPS) is 21.3. The highest BCUT2D eigenvalue weighted by Gasteiger charge is 2.37. The molecular formula is C13H25NO. The SMILES string of the molecule is C#C.CC.CCCC(=O)N(C)C1CC1C. The smallest absolute Gasteiger partial charge is 0.222 e. The molecule has 1 saturated carbocycles. The summed E-state index contributed by atoms with van der Waals surface area (Å²) < 4.78 is 0. The molecular weight excluding hydrogens is 186 g/mol. The Morgan fingerprint density at radius 1 is 1.40 bits per heavy atom. The summed E-state index contributed by atoms with van der Waals surface area (Å²) in [6.07, 6.45) is 10.9. The van der Waals surface area contributed by atoms with Crippen LogP contribution >= 0.6 is 0 Å². The van der Waals surface area contributed by atoms with Gasteiger partial charge in [0.2, 0.25) is 5.91 Å². The van der Waals surface area contributed by atoms with Gasteiger partial charge in [-0.25, -0.2) is 0 Å². The first-order valence-electron chi connectivity index (χ1n) is 5.75. The first-order chi connectivity index (χ1) is 7.16. The van der Waals surface area contributed by atoms with Crippen molar-refractivity contribution in [3.63, 3.8) is 0 Å². The molecule has 2 unspecified atom stereocenters.